The van der Waals surface area contributed by atoms with Gasteiger partial charge in [0.25, 0.3) is 5.91 Å². The van der Waals surface area contributed by atoms with Crippen LogP contribution < -0.4 is 9.64 Å². The van der Waals surface area contributed by atoms with Gasteiger partial charge in [-0.1, -0.05) is 0 Å². The molecule has 8 nitrogen and oxygen atoms in total. The van der Waals surface area contributed by atoms with Crippen LogP contribution in [-0.2, 0) is 19.6 Å². The van der Waals surface area contributed by atoms with E-state index in [9.17, 15) is 13.2 Å². The summed E-state index contributed by atoms with van der Waals surface area (Å²) in [5.74, 6) is 0.650. The van der Waals surface area contributed by atoms with E-state index >= 15 is 0 Å². The van der Waals surface area contributed by atoms with Gasteiger partial charge in [-0.2, -0.15) is 4.31 Å². The van der Waals surface area contributed by atoms with Gasteiger partial charge in [-0.3, -0.25) is 4.79 Å². The summed E-state index contributed by atoms with van der Waals surface area (Å²) in [5, 5.41) is 0. The molecular formula is C28H31N3O5S. The average Bonchev–Trinajstić information content (AvgIpc) is 3.32. The van der Waals surface area contributed by atoms with Crippen molar-refractivity contribution >= 4 is 33.3 Å². The summed E-state index contributed by atoms with van der Waals surface area (Å²) in [5.41, 5.74) is 5.69. The predicted molar refractivity (Wildman–Crippen MR) is 144 cm³/mol. The third kappa shape index (κ3) is 4.47. The van der Waals surface area contributed by atoms with Crippen molar-refractivity contribution in [2.75, 3.05) is 44.9 Å². The molecule has 1 saturated heterocycles. The van der Waals surface area contributed by atoms with Crippen molar-refractivity contribution in [2.24, 2.45) is 0 Å². The van der Waals surface area contributed by atoms with Gasteiger partial charge in [0.1, 0.15) is 5.75 Å². The maximum absolute atomic E-state index is 13.3. The van der Waals surface area contributed by atoms with Gasteiger partial charge in [-0.25, -0.2) is 8.42 Å². The number of morpholine rings is 1. The van der Waals surface area contributed by atoms with Gasteiger partial charge >= 0.3 is 0 Å². The van der Waals surface area contributed by atoms with Crippen LogP contribution in [0.5, 0.6) is 5.75 Å². The number of benzene rings is 2. The van der Waals surface area contributed by atoms with E-state index in [1.807, 2.05) is 57.2 Å². The molecule has 0 aliphatic carbocycles. The summed E-state index contributed by atoms with van der Waals surface area (Å²) in [6.07, 6.45) is 1.86. The van der Waals surface area contributed by atoms with Crippen molar-refractivity contribution in [3.8, 4) is 11.4 Å². The van der Waals surface area contributed by atoms with Crippen LogP contribution in [0.3, 0.4) is 0 Å². The standard InChI is InChI=1S/C28H31N3O5S/c1-5-36-23-8-6-22(7-9-23)31-19(2)16-21(20(31)3)17-26-25-18-24(10-11-27(25)29(4)28(26)32)37(33,34)30-12-14-35-15-13-30/h6-11,16-18H,5,12-15H2,1-4H3. The average molecular weight is 522 g/mol. The zero-order valence-corrected chi connectivity index (χ0v) is 22.3. The Bertz CT molecular complexity index is 1480. The molecule has 194 valence electrons. The van der Waals surface area contributed by atoms with E-state index in [4.69, 9.17) is 9.47 Å². The molecule has 3 heterocycles. The first-order valence-corrected chi connectivity index (χ1v) is 13.8. The van der Waals surface area contributed by atoms with Crippen LogP contribution in [0.1, 0.15) is 29.4 Å². The Morgan fingerprint density at radius 3 is 2.41 bits per heavy atom. The minimum absolute atomic E-state index is 0.165. The number of sulfonamides is 1. The lowest BCUT2D eigenvalue weighted by molar-refractivity contribution is -0.112. The first kappa shape index (κ1) is 25.3. The molecule has 0 radical (unpaired) electrons. The number of carbonyl (C=O) groups is 1. The molecule has 0 bridgehead atoms. The Morgan fingerprint density at radius 1 is 1.03 bits per heavy atom. The number of aromatic nitrogens is 1. The molecule has 0 N–H and O–H groups in total. The zero-order chi connectivity index (χ0) is 26.3. The van der Waals surface area contributed by atoms with Crippen LogP contribution in [0.2, 0.25) is 0 Å². The molecule has 5 rings (SSSR count). The first-order valence-electron chi connectivity index (χ1n) is 12.4. The number of amides is 1. The molecule has 1 fully saturated rings. The molecule has 0 spiro atoms. The minimum atomic E-state index is -3.69. The van der Waals surface area contributed by atoms with E-state index in [-0.39, 0.29) is 10.8 Å². The second kappa shape index (κ2) is 9.81. The quantitative estimate of drug-likeness (QED) is 0.458. The normalized spacial score (nSPS) is 17.5. The lowest BCUT2D eigenvalue weighted by Crippen LogP contribution is -2.40. The van der Waals surface area contributed by atoms with Crippen molar-refractivity contribution in [3.05, 3.63) is 71.0 Å². The second-order valence-corrected chi connectivity index (χ2v) is 11.1. The third-order valence-corrected chi connectivity index (χ3v) is 8.83. The minimum Gasteiger partial charge on any atom is -0.494 e. The molecule has 1 amide bonds. The van der Waals surface area contributed by atoms with Gasteiger partial charge < -0.3 is 18.9 Å². The topological polar surface area (TPSA) is 81.1 Å². The predicted octanol–water partition coefficient (Wildman–Crippen LogP) is 4.03. The number of anilines is 1. The Balaban J connectivity index is 1.54. The van der Waals surface area contributed by atoms with Gasteiger partial charge in [-0.15, -0.1) is 0 Å². The van der Waals surface area contributed by atoms with Gasteiger partial charge in [0.2, 0.25) is 10.0 Å². The number of aryl methyl sites for hydroxylation is 1. The van der Waals surface area contributed by atoms with Crippen molar-refractivity contribution in [3.63, 3.8) is 0 Å². The zero-order valence-electron chi connectivity index (χ0n) is 21.5. The molecule has 0 saturated carbocycles. The summed E-state index contributed by atoms with van der Waals surface area (Å²) < 4.78 is 41.0. The fourth-order valence-corrected chi connectivity index (χ4v) is 6.44. The van der Waals surface area contributed by atoms with E-state index in [2.05, 4.69) is 4.57 Å². The highest BCUT2D eigenvalue weighted by molar-refractivity contribution is 7.89. The molecule has 1 aromatic heterocycles. The van der Waals surface area contributed by atoms with Crippen molar-refractivity contribution in [2.45, 2.75) is 25.7 Å². The largest absolute Gasteiger partial charge is 0.494 e. The van der Waals surface area contributed by atoms with Crippen molar-refractivity contribution in [1.82, 2.24) is 8.87 Å². The molecule has 37 heavy (non-hydrogen) atoms. The SMILES string of the molecule is CCOc1ccc(-n2c(C)cc(C=C3C(=O)N(C)c4ccc(S(=O)(=O)N5CCOCC5)cc43)c2C)cc1. The summed E-state index contributed by atoms with van der Waals surface area (Å²) in [6.45, 7) is 7.99. The van der Waals surface area contributed by atoms with E-state index < -0.39 is 10.0 Å². The summed E-state index contributed by atoms with van der Waals surface area (Å²) in [7, 11) is -1.98. The van der Waals surface area contributed by atoms with Gasteiger partial charge in [0.05, 0.1) is 30.4 Å². The van der Waals surface area contributed by atoms with Crippen LogP contribution in [0.4, 0.5) is 5.69 Å². The Hall–Kier alpha value is -3.40. The van der Waals surface area contributed by atoms with E-state index in [1.54, 1.807) is 30.1 Å². The van der Waals surface area contributed by atoms with Crippen LogP contribution >= 0.6 is 0 Å². The molecule has 2 aliphatic rings. The number of fused-ring (bicyclic) bond motifs is 1. The fraction of sp³-hybridized carbons (Fsp3) is 0.321. The van der Waals surface area contributed by atoms with Crippen LogP contribution in [-0.4, -0.2) is 63.2 Å². The highest BCUT2D eigenvalue weighted by Crippen LogP contribution is 2.39. The van der Waals surface area contributed by atoms with Crippen LogP contribution in [0.25, 0.3) is 17.3 Å². The lowest BCUT2D eigenvalue weighted by Gasteiger charge is -2.26. The van der Waals surface area contributed by atoms with Crippen molar-refractivity contribution < 1.29 is 22.7 Å². The Kier molecular flexibility index (Phi) is 6.70. The maximum atomic E-state index is 13.3. The number of carbonyl (C=O) groups excluding carboxylic acids is 1. The Morgan fingerprint density at radius 2 is 1.73 bits per heavy atom. The maximum Gasteiger partial charge on any atom is 0.258 e. The van der Waals surface area contributed by atoms with Gasteiger partial charge in [0.15, 0.2) is 0 Å². The first-order chi connectivity index (χ1) is 17.7. The molecule has 0 atom stereocenters. The number of ether oxygens (including phenoxy) is 2. The van der Waals surface area contributed by atoms with Gasteiger partial charge in [0, 0.05) is 48.3 Å². The molecule has 9 heteroatoms. The molecule has 2 aromatic carbocycles. The number of likely N-dealkylation sites (N-methyl/N-ethyl adjacent to an activating group) is 1. The lowest BCUT2D eigenvalue weighted by atomic mass is 10.0. The number of hydrogen-bond acceptors (Lipinski definition) is 5. The molecule has 2 aliphatic heterocycles. The number of nitrogens with zero attached hydrogens (tertiary/aromatic N) is 3. The van der Waals surface area contributed by atoms with Gasteiger partial charge in [-0.05, 0) is 80.9 Å². The molecule has 3 aromatic rings. The van der Waals surface area contributed by atoms with E-state index in [0.717, 1.165) is 28.4 Å². The highest BCUT2D eigenvalue weighted by Gasteiger charge is 2.33. The number of hydrogen-bond donors (Lipinski definition) is 0. The van der Waals surface area contributed by atoms with Crippen LogP contribution in [0.15, 0.2) is 53.4 Å². The molecular weight excluding hydrogens is 490 g/mol. The van der Waals surface area contributed by atoms with E-state index in [0.29, 0.717) is 49.7 Å². The van der Waals surface area contributed by atoms with Crippen molar-refractivity contribution in [1.29, 1.82) is 0 Å². The summed E-state index contributed by atoms with van der Waals surface area (Å²) in [4.78, 5) is 15.0. The second-order valence-electron chi connectivity index (χ2n) is 9.21. The Labute approximate surface area is 217 Å². The van der Waals surface area contributed by atoms with Crippen LogP contribution in [0, 0.1) is 13.8 Å². The third-order valence-electron chi connectivity index (χ3n) is 6.94. The van der Waals surface area contributed by atoms with E-state index in [1.165, 1.54) is 4.31 Å². The smallest absolute Gasteiger partial charge is 0.258 e. The number of rotatable bonds is 6. The summed E-state index contributed by atoms with van der Waals surface area (Å²) in [6, 6.07) is 14.9. The fourth-order valence-electron chi connectivity index (χ4n) is 5.01. The summed E-state index contributed by atoms with van der Waals surface area (Å²) >= 11 is 0. The monoisotopic (exact) mass is 521 g/mol. The molecule has 0 unspecified atom stereocenters. The highest BCUT2D eigenvalue weighted by atomic mass is 32.2.